The molecule has 0 spiro atoms. The average Bonchev–Trinajstić information content (AvgIpc) is 2.76. The van der Waals surface area contributed by atoms with Crippen LogP contribution in [0.1, 0.15) is 162 Å². The summed E-state index contributed by atoms with van der Waals surface area (Å²) in [6.45, 7) is 8.43. The Labute approximate surface area is 195 Å². The van der Waals surface area contributed by atoms with Crippen LogP contribution in [0, 0.1) is 5.92 Å². The molecular formula is C29H56O2. The molecule has 0 aromatic carbocycles. The Hall–Kier alpha value is -0.790. The number of carboxylic acids is 1. The summed E-state index contributed by atoms with van der Waals surface area (Å²) >= 11 is 0. The number of rotatable bonds is 25. The Morgan fingerprint density at radius 3 is 1.06 bits per heavy atom. The van der Waals surface area contributed by atoms with E-state index in [1.54, 1.807) is 0 Å². The molecule has 0 aliphatic carbocycles. The van der Waals surface area contributed by atoms with Gasteiger partial charge in [-0.1, -0.05) is 155 Å². The van der Waals surface area contributed by atoms with E-state index in [0.29, 0.717) is 5.57 Å². The Balaban J connectivity index is 3.73. The van der Waals surface area contributed by atoms with E-state index >= 15 is 0 Å². The highest BCUT2D eigenvalue weighted by molar-refractivity contribution is 5.86. The van der Waals surface area contributed by atoms with Crippen molar-refractivity contribution in [3.05, 3.63) is 12.2 Å². The van der Waals surface area contributed by atoms with Crippen molar-refractivity contribution in [3.63, 3.8) is 0 Å². The van der Waals surface area contributed by atoms with E-state index in [4.69, 9.17) is 0 Å². The number of carboxylic acid groups (broad SMARTS) is 1. The van der Waals surface area contributed by atoms with Crippen molar-refractivity contribution in [1.82, 2.24) is 0 Å². The number of carbonyl (C=O) groups is 1. The van der Waals surface area contributed by atoms with E-state index in [2.05, 4.69) is 20.4 Å². The first kappa shape index (κ1) is 30.2. The molecule has 0 aromatic heterocycles. The lowest BCUT2D eigenvalue weighted by atomic mass is 9.88. The molecule has 31 heavy (non-hydrogen) atoms. The second kappa shape index (κ2) is 23.9. The van der Waals surface area contributed by atoms with Gasteiger partial charge in [-0.2, -0.15) is 0 Å². The largest absolute Gasteiger partial charge is 0.478 e. The van der Waals surface area contributed by atoms with E-state index in [-0.39, 0.29) is 5.92 Å². The molecule has 0 aliphatic rings. The predicted octanol–water partition coefficient (Wildman–Crippen LogP) is 10.3. The van der Waals surface area contributed by atoms with Crippen molar-refractivity contribution >= 4 is 5.97 Å². The van der Waals surface area contributed by atoms with Gasteiger partial charge in [0.25, 0.3) is 0 Å². The van der Waals surface area contributed by atoms with Gasteiger partial charge in [-0.3, -0.25) is 0 Å². The molecule has 0 bridgehead atoms. The van der Waals surface area contributed by atoms with Gasteiger partial charge in [0, 0.05) is 5.57 Å². The highest BCUT2D eigenvalue weighted by Gasteiger charge is 2.17. The smallest absolute Gasteiger partial charge is 0.331 e. The highest BCUT2D eigenvalue weighted by Crippen LogP contribution is 2.25. The van der Waals surface area contributed by atoms with E-state index in [1.165, 1.54) is 122 Å². The fraction of sp³-hybridized carbons (Fsp3) is 0.897. The lowest BCUT2D eigenvalue weighted by molar-refractivity contribution is -0.133. The molecule has 2 heteroatoms. The highest BCUT2D eigenvalue weighted by atomic mass is 16.4. The first-order valence-electron chi connectivity index (χ1n) is 14.1. The molecule has 0 saturated carbocycles. The van der Waals surface area contributed by atoms with Crippen LogP contribution in [-0.2, 0) is 4.79 Å². The van der Waals surface area contributed by atoms with Crippen LogP contribution in [0.4, 0.5) is 0 Å². The average molecular weight is 437 g/mol. The zero-order valence-corrected chi connectivity index (χ0v) is 21.4. The Kier molecular flexibility index (Phi) is 23.3. The molecule has 2 nitrogen and oxygen atoms in total. The third-order valence-corrected chi connectivity index (χ3v) is 6.83. The Morgan fingerprint density at radius 2 is 0.806 bits per heavy atom. The van der Waals surface area contributed by atoms with Crippen molar-refractivity contribution < 1.29 is 9.90 Å². The molecule has 0 fully saturated rings. The maximum atomic E-state index is 11.4. The minimum atomic E-state index is -0.792. The summed E-state index contributed by atoms with van der Waals surface area (Å²) in [5, 5.41) is 9.39. The molecule has 184 valence electrons. The lowest BCUT2D eigenvalue weighted by Gasteiger charge is -2.17. The summed E-state index contributed by atoms with van der Waals surface area (Å²) in [6, 6.07) is 0. The number of unbranched alkanes of at least 4 members (excludes halogenated alkanes) is 19. The van der Waals surface area contributed by atoms with E-state index in [9.17, 15) is 9.90 Å². The van der Waals surface area contributed by atoms with Crippen LogP contribution >= 0.6 is 0 Å². The van der Waals surface area contributed by atoms with E-state index < -0.39 is 5.97 Å². The minimum Gasteiger partial charge on any atom is -0.478 e. The summed E-state index contributed by atoms with van der Waals surface area (Å²) in [7, 11) is 0. The third kappa shape index (κ3) is 20.8. The summed E-state index contributed by atoms with van der Waals surface area (Å²) in [6.07, 6.45) is 30.1. The Bertz CT molecular complexity index is 402. The van der Waals surface area contributed by atoms with Crippen molar-refractivity contribution in [2.24, 2.45) is 5.92 Å². The lowest BCUT2D eigenvalue weighted by Crippen LogP contribution is -2.12. The standard InChI is InChI=1S/C29H56O2/c1-4-6-8-10-12-14-16-18-20-22-24-26-28(27(3)29(30)31)25-23-21-19-17-15-13-11-9-7-5-2/h28H,3-26H2,1-2H3,(H,30,31). The normalized spacial score (nSPS) is 12.2. The topological polar surface area (TPSA) is 37.3 Å². The maximum absolute atomic E-state index is 11.4. The van der Waals surface area contributed by atoms with E-state index in [1.807, 2.05) is 0 Å². The van der Waals surface area contributed by atoms with Crippen LogP contribution in [-0.4, -0.2) is 11.1 Å². The van der Waals surface area contributed by atoms with Gasteiger partial charge in [-0.05, 0) is 18.8 Å². The van der Waals surface area contributed by atoms with Crippen LogP contribution in [0.5, 0.6) is 0 Å². The van der Waals surface area contributed by atoms with Gasteiger partial charge in [0.05, 0.1) is 0 Å². The molecule has 0 amide bonds. The van der Waals surface area contributed by atoms with Crippen LogP contribution in [0.2, 0.25) is 0 Å². The molecule has 1 N–H and O–H groups in total. The third-order valence-electron chi connectivity index (χ3n) is 6.83. The number of hydrogen-bond acceptors (Lipinski definition) is 1. The summed E-state index contributed by atoms with van der Waals surface area (Å²) < 4.78 is 0. The second-order valence-corrected chi connectivity index (χ2v) is 9.82. The van der Waals surface area contributed by atoms with Gasteiger partial charge in [-0.25, -0.2) is 4.79 Å². The zero-order chi connectivity index (χ0) is 23.0. The fourth-order valence-electron chi connectivity index (χ4n) is 4.60. The van der Waals surface area contributed by atoms with Gasteiger partial charge >= 0.3 is 5.97 Å². The molecule has 0 aliphatic heterocycles. The quantitative estimate of drug-likeness (QED) is 0.114. The van der Waals surface area contributed by atoms with Crippen molar-refractivity contribution in [3.8, 4) is 0 Å². The maximum Gasteiger partial charge on any atom is 0.331 e. The molecule has 1 atom stereocenters. The van der Waals surface area contributed by atoms with Crippen LogP contribution in [0.15, 0.2) is 12.2 Å². The van der Waals surface area contributed by atoms with Crippen molar-refractivity contribution in [1.29, 1.82) is 0 Å². The minimum absolute atomic E-state index is 0.185. The van der Waals surface area contributed by atoms with Gasteiger partial charge in [0.15, 0.2) is 0 Å². The first-order valence-corrected chi connectivity index (χ1v) is 14.1. The van der Waals surface area contributed by atoms with Gasteiger partial charge in [-0.15, -0.1) is 0 Å². The van der Waals surface area contributed by atoms with Crippen LogP contribution < -0.4 is 0 Å². The SMILES string of the molecule is C=C(C(=O)O)C(CCCCCCCCCCCC)CCCCCCCCCCCCC. The second-order valence-electron chi connectivity index (χ2n) is 9.82. The molecular weight excluding hydrogens is 380 g/mol. The number of aliphatic carboxylic acids is 1. The van der Waals surface area contributed by atoms with Crippen molar-refractivity contribution in [2.75, 3.05) is 0 Å². The molecule has 1 unspecified atom stereocenters. The van der Waals surface area contributed by atoms with Crippen LogP contribution in [0.25, 0.3) is 0 Å². The zero-order valence-electron chi connectivity index (χ0n) is 21.4. The van der Waals surface area contributed by atoms with Gasteiger partial charge in [0.2, 0.25) is 0 Å². The molecule has 0 heterocycles. The van der Waals surface area contributed by atoms with Gasteiger partial charge < -0.3 is 5.11 Å². The van der Waals surface area contributed by atoms with Gasteiger partial charge in [0.1, 0.15) is 0 Å². The molecule has 0 rings (SSSR count). The van der Waals surface area contributed by atoms with Crippen molar-refractivity contribution in [2.45, 2.75) is 162 Å². The summed E-state index contributed by atoms with van der Waals surface area (Å²) in [4.78, 5) is 11.4. The summed E-state index contributed by atoms with van der Waals surface area (Å²) in [5.74, 6) is -0.606. The van der Waals surface area contributed by atoms with Crippen LogP contribution in [0.3, 0.4) is 0 Å². The first-order chi connectivity index (χ1) is 15.1. The monoisotopic (exact) mass is 436 g/mol. The summed E-state index contributed by atoms with van der Waals surface area (Å²) in [5.41, 5.74) is 0.447. The number of hydrogen-bond donors (Lipinski definition) is 1. The van der Waals surface area contributed by atoms with E-state index in [0.717, 1.165) is 25.7 Å². The fourth-order valence-corrected chi connectivity index (χ4v) is 4.60. The Morgan fingerprint density at radius 1 is 0.548 bits per heavy atom. The predicted molar refractivity (Wildman–Crippen MR) is 138 cm³/mol. The molecule has 0 aromatic rings. The molecule has 0 saturated heterocycles. The molecule has 0 radical (unpaired) electrons.